The topological polar surface area (TPSA) is 90.7 Å². The molecule has 1 fully saturated rings. The predicted molar refractivity (Wildman–Crippen MR) is 89.4 cm³/mol. The first-order chi connectivity index (χ1) is 11.8. The van der Waals surface area contributed by atoms with Gasteiger partial charge >= 0.3 is 6.18 Å². The van der Waals surface area contributed by atoms with Gasteiger partial charge in [-0.2, -0.15) is 18.4 Å². The van der Waals surface area contributed by atoms with Gasteiger partial charge in [0.2, 0.25) is 11.0 Å². The molecule has 0 bridgehead atoms. The van der Waals surface area contributed by atoms with Gasteiger partial charge in [-0.15, -0.1) is 10.2 Å². The van der Waals surface area contributed by atoms with Crippen molar-refractivity contribution in [3.8, 4) is 6.07 Å². The summed E-state index contributed by atoms with van der Waals surface area (Å²) in [5.41, 5.74) is -0.811. The number of hydrogen-bond donors (Lipinski definition) is 2. The monoisotopic (exact) mass is 393 g/mol. The van der Waals surface area contributed by atoms with Crippen LogP contribution in [-0.4, -0.2) is 40.1 Å². The van der Waals surface area contributed by atoms with Gasteiger partial charge in [-0.3, -0.25) is 4.79 Å². The largest absolute Gasteiger partial charge is 0.405 e. The molecule has 138 valence electrons. The number of nitrogens with zero attached hydrogens (tertiary/aromatic N) is 3. The van der Waals surface area contributed by atoms with Crippen LogP contribution in [0.15, 0.2) is 4.34 Å². The average molecular weight is 393 g/mol. The summed E-state index contributed by atoms with van der Waals surface area (Å²) in [7, 11) is 0. The van der Waals surface area contributed by atoms with E-state index in [2.05, 4.69) is 26.9 Å². The highest BCUT2D eigenvalue weighted by Gasteiger charge is 2.32. The van der Waals surface area contributed by atoms with E-state index in [-0.39, 0.29) is 16.8 Å². The molecule has 0 spiro atoms. The number of nitrogens with one attached hydrogen (secondary N) is 2. The highest BCUT2D eigenvalue weighted by atomic mass is 32.2. The van der Waals surface area contributed by atoms with Crippen molar-refractivity contribution in [1.82, 2.24) is 15.5 Å². The second-order valence-electron chi connectivity index (χ2n) is 5.79. The Morgan fingerprint density at radius 1 is 1.28 bits per heavy atom. The fourth-order valence-electron chi connectivity index (χ4n) is 2.54. The molecule has 1 saturated carbocycles. The van der Waals surface area contributed by atoms with Crippen LogP contribution in [0.2, 0.25) is 0 Å². The molecule has 25 heavy (non-hydrogen) atoms. The maximum atomic E-state index is 12.1. The van der Waals surface area contributed by atoms with Crippen molar-refractivity contribution in [3.05, 3.63) is 0 Å². The predicted octanol–water partition coefficient (Wildman–Crippen LogP) is 3.34. The number of nitriles is 1. The van der Waals surface area contributed by atoms with E-state index in [1.807, 2.05) is 0 Å². The highest BCUT2D eigenvalue weighted by Crippen LogP contribution is 2.28. The zero-order valence-electron chi connectivity index (χ0n) is 13.4. The molecule has 0 radical (unpaired) electrons. The van der Waals surface area contributed by atoms with Crippen molar-refractivity contribution in [3.63, 3.8) is 0 Å². The van der Waals surface area contributed by atoms with Gasteiger partial charge in [-0.05, 0) is 12.8 Å². The number of anilines is 1. The zero-order chi connectivity index (χ0) is 18.3. The van der Waals surface area contributed by atoms with Crippen LogP contribution in [0, 0.1) is 11.3 Å². The number of rotatable bonds is 6. The molecular formula is C14H18F3N5OS2. The van der Waals surface area contributed by atoms with Gasteiger partial charge in [0, 0.05) is 0 Å². The van der Waals surface area contributed by atoms with Crippen molar-refractivity contribution >= 4 is 34.1 Å². The Morgan fingerprint density at radius 2 is 1.96 bits per heavy atom. The number of carbonyl (C=O) groups excluding carboxylic acids is 1. The van der Waals surface area contributed by atoms with E-state index in [0.717, 1.165) is 48.8 Å². The first kappa shape index (κ1) is 19.8. The number of aromatic nitrogens is 2. The Hall–Kier alpha value is -1.54. The summed E-state index contributed by atoms with van der Waals surface area (Å²) in [4.78, 5) is 12.1. The van der Waals surface area contributed by atoms with Crippen LogP contribution < -0.4 is 10.6 Å². The minimum Gasteiger partial charge on any atom is -0.351 e. The van der Waals surface area contributed by atoms with E-state index >= 15 is 0 Å². The third kappa shape index (κ3) is 6.70. The molecule has 1 amide bonds. The van der Waals surface area contributed by atoms with Crippen LogP contribution in [0.4, 0.5) is 18.3 Å². The van der Waals surface area contributed by atoms with Crippen molar-refractivity contribution in [1.29, 1.82) is 5.26 Å². The number of alkyl halides is 3. The normalized spacial score (nSPS) is 17.4. The van der Waals surface area contributed by atoms with Crippen molar-refractivity contribution in [2.24, 2.45) is 0 Å². The van der Waals surface area contributed by atoms with Crippen LogP contribution in [0.5, 0.6) is 0 Å². The first-order valence-corrected chi connectivity index (χ1v) is 9.61. The third-order valence-corrected chi connectivity index (χ3v) is 5.74. The number of hydrogen-bond acceptors (Lipinski definition) is 7. The maximum Gasteiger partial charge on any atom is 0.405 e. The number of amides is 1. The molecule has 11 heteroatoms. The van der Waals surface area contributed by atoms with E-state index in [4.69, 9.17) is 0 Å². The second kappa shape index (κ2) is 8.71. The fraction of sp³-hybridized carbons (Fsp3) is 0.714. The molecule has 1 aromatic rings. The fourth-order valence-corrected chi connectivity index (χ4v) is 4.09. The number of halogens is 3. The van der Waals surface area contributed by atoms with E-state index in [9.17, 15) is 23.2 Å². The molecule has 1 heterocycles. The van der Waals surface area contributed by atoms with Crippen LogP contribution in [0.3, 0.4) is 0 Å². The molecule has 2 N–H and O–H groups in total. The minimum atomic E-state index is -4.33. The van der Waals surface area contributed by atoms with Crippen LogP contribution >= 0.6 is 23.1 Å². The van der Waals surface area contributed by atoms with E-state index < -0.39 is 18.3 Å². The SMILES string of the molecule is N#CC1(NC(=O)CSc2nnc(NCC(F)(F)F)s2)CCCCCC1. The van der Waals surface area contributed by atoms with Gasteiger partial charge in [0.25, 0.3) is 0 Å². The summed E-state index contributed by atoms with van der Waals surface area (Å²) in [6, 6.07) is 2.24. The Bertz CT molecular complexity index is 621. The third-order valence-electron chi connectivity index (χ3n) is 3.72. The molecule has 0 aromatic carbocycles. The molecule has 1 aromatic heterocycles. The molecule has 1 aliphatic carbocycles. The Labute approximate surface area is 151 Å². The van der Waals surface area contributed by atoms with Crippen molar-refractivity contribution < 1.29 is 18.0 Å². The molecular weight excluding hydrogens is 375 g/mol. The first-order valence-electron chi connectivity index (χ1n) is 7.81. The molecule has 6 nitrogen and oxygen atoms in total. The van der Waals surface area contributed by atoms with Crippen molar-refractivity contribution in [2.75, 3.05) is 17.6 Å². The van der Waals surface area contributed by atoms with Crippen LogP contribution in [0.1, 0.15) is 38.5 Å². The van der Waals surface area contributed by atoms with Gasteiger partial charge in [-0.25, -0.2) is 0 Å². The summed E-state index contributed by atoms with van der Waals surface area (Å²) in [5, 5.41) is 21.8. The number of carbonyl (C=O) groups is 1. The lowest BCUT2D eigenvalue weighted by atomic mass is 9.92. The molecule has 0 saturated heterocycles. The Morgan fingerprint density at radius 3 is 2.56 bits per heavy atom. The lowest BCUT2D eigenvalue weighted by Crippen LogP contribution is -2.47. The summed E-state index contributed by atoms with van der Waals surface area (Å²) in [6.45, 7) is -1.18. The van der Waals surface area contributed by atoms with Crippen LogP contribution in [0.25, 0.3) is 0 Å². The highest BCUT2D eigenvalue weighted by molar-refractivity contribution is 8.01. The molecule has 2 rings (SSSR count). The molecule has 0 aliphatic heterocycles. The van der Waals surface area contributed by atoms with E-state index in [1.165, 1.54) is 0 Å². The zero-order valence-corrected chi connectivity index (χ0v) is 15.0. The van der Waals surface area contributed by atoms with Gasteiger partial charge in [0.15, 0.2) is 4.34 Å². The van der Waals surface area contributed by atoms with Gasteiger partial charge in [-0.1, -0.05) is 48.8 Å². The van der Waals surface area contributed by atoms with Crippen LogP contribution in [-0.2, 0) is 4.79 Å². The lowest BCUT2D eigenvalue weighted by Gasteiger charge is -2.26. The maximum absolute atomic E-state index is 12.1. The molecule has 0 unspecified atom stereocenters. The Kier molecular flexibility index (Phi) is 6.89. The lowest BCUT2D eigenvalue weighted by molar-refractivity contribution is -0.120. The van der Waals surface area contributed by atoms with Gasteiger partial charge in [0.1, 0.15) is 12.1 Å². The smallest absolute Gasteiger partial charge is 0.351 e. The van der Waals surface area contributed by atoms with Crippen molar-refractivity contribution in [2.45, 2.75) is 54.6 Å². The summed E-state index contributed by atoms with van der Waals surface area (Å²) in [6.07, 6.45) is 0.897. The summed E-state index contributed by atoms with van der Waals surface area (Å²) >= 11 is 2.04. The molecule has 1 aliphatic rings. The van der Waals surface area contributed by atoms with Gasteiger partial charge < -0.3 is 10.6 Å². The summed E-state index contributed by atoms with van der Waals surface area (Å²) in [5.74, 6) is -0.245. The van der Waals surface area contributed by atoms with E-state index in [0.29, 0.717) is 17.2 Å². The van der Waals surface area contributed by atoms with Gasteiger partial charge in [0.05, 0.1) is 11.8 Å². The minimum absolute atomic E-state index is 0.0390. The number of thioether (sulfide) groups is 1. The Balaban J connectivity index is 1.81. The average Bonchev–Trinajstić information content (AvgIpc) is 2.89. The second-order valence-corrected chi connectivity index (χ2v) is 7.99. The quantitative estimate of drug-likeness (QED) is 0.569. The standard InChI is InChI=1S/C14H18F3N5OS2/c15-14(16,17)9-19-11-21-22-12(25-11)24-7-10(23)20-13(8-18)5-3-1-2-4-6-13/h1-7,9H2,(H,19,21)(H,20,23). The molecule has 0 atom stereocenters. The summed E-state index contributed by atoms with van der Waals surface area (Å²) < 4.78 is 36.8. The van der Waals surface area contributed by atoms with E-state index in [1.54, 1.807) is 0 Å².